The van der Waals surface area contributed by atoms with Crippen LogP contribution in [0.15, 0.2) is 23.1 Å². The maximum absolute atomic E-state index is 11.6. The summed E-state index contributed by atoms with van der Waals surface area (Å²) in [6.45, 7) is 0. The van der Waals surface area contributed by atoms with Gasteiger partial charge < -0.3 is 4.57 Å². The lowest BCUT2D eigenvalue weighted by atomic mass is 10.2. The van der Waals surface area contributed by atoms with Gasteiger partial charge in [-0.25, -0.2) is 0 Å². The number of H-pyrrole nitrogens is 1. The molecule has 2 heterocycles. The number of aromatic nitrogens is 4. The monoisotopic (exact) mass is 248 g/mol. The molecule has 17 heavy (non-hydrogen) atoms. The van der Waals surface area contributed by atoms with Crippen molar-refractivity contribution in [3.63, 3.8) is 0 Å². The third kappa shape index (κ3) is 1.74. The molecule has 1 N–H and O–H groups in total. The van der Waals surface area contributed by atoms with E-state index in [1.165, 1.54) is 4.57 Å². The lowest BCUT2D eigenvalue weighted by Gasteiger charge is -2.05. The number of aryl methyl sites for hydroxylation is 1. The van der Waals surface area contributed by atoms with Crippen LogP contribution in [0.3, 0.4) is 0 Å². The Hall–Kier alpha value is -1.69. The van der Waals surface area contributed by atoms with E-state index in [0.29, 0.717) is 10.8 Å². The van der Waals surface area contributed by atoms with E-state index >= 15 is 0 Å². The van der Waals surface area contributed by atoms with Crippen molar-refractivity contribution in [1.29, 1.82) is 0 Å². The number of pyridine rings is 1. The number of rotatable bonds is 2. The van der Waals surface area contributed by atoms with Crippen LogP contribution in [-0.2, 0) is 7.05 Å². The number of hydrogen-bond donors (Lipinski definition) is 1. The highest BCUT2D eigenvalue weighted by Gasteiger charge is 2.27. The zero-order chi connectivity index (χ0) is 12.0. The summed E-state index contributed by atoms with van der Waals surface area (Å²) in [5.74, 6) is 0.759. The molecule has 0 amide bonds. The van der Waals surface area contributed by atoms with Gasteiger partial charge in [-0.15, -0.1) is 0 Å². The summed E-state index contributed by atoms with van der Waals surface area (Å²) in [5.41, 5.74) is 0.770. The molecule has 88 valence electrons. The Morgan fingerprint density at radius 3 is 2.94 bits per heavy atom. The van der Waals surface area contributed by atoms with E-state index < -0.39 is 0 Å². The summed E-state index contributed by atoms with van der Waals surface area (Å²) in [4.78, 5) is 11.6. The fraction of sp³-hybridized carbons (Fsp3) is 0.364. The molecule has 0 saturated heterocycles. The predicted octanol–water partition coefficient (Wildman–Crippen LogP) is 1.64. The van der Waals surface area contributed by atoms with Gasteiger partial charge in [0.1, 0.15) is 0 Å². The third-order valence-electron chi connectivity index (χ3n) is 2.98. The number of nitrogens with one attached hydrogen (secondary N) is 1. The number of hydrogen-bond acceptors (Lipinski definition) is 3. The molecule has 0 spiro atoms. The summed E-state index contributed by atoms with van der Waals surface area (Å²) < 4.78 is 4.17. The minimum absolute atomic E-state index is 0.0428. The van der Waals surface area contributed by atoms with Gasteiger partial charge in [-0.2, -0.15) is 5.10 Å². The number of nitrogens with zero attached hydrogens (tertiary/aromatic N) is 3. The molecule has 0 unspecified atom stereocenters. The molecule has 1 aliphatic rings. The molecule has 1 fully saturated rings. The van der Waals surface area contributed by atoms with Crippen molar-refractivity contribution in [2.75, 3.05) is 0 Å². The second kappa shape index (κ2) is 3.66. The highest BCUT2D eigenvalue weighted by atomic mass is 32.1. The van der Waals surface area contributed by atoms with Gasteiger partial charge in [0, 0.05) is 30.9 Å². The molecular weight excluding hydrogens is 236 g/mol. The SMILES string of the molecule is Cn1ccc(-c2n[nH]c(=S)n2C2CC2)cc1=O. The largest absolute Gasteiger partial charge is 0.319 e. The molecule has 1 saturated carbocycles. The van der Waals surface area contributed by atoms with Gasteiger partial charge in [0.15, 0.2) is 10.6 Å². The first-order chi connectivity index (χ1) is 8.16. The van der Waals surface area contributed by atoms with E-state index in [-0.39, 0.29) is 5.56 Å². The van der Waals surface area contributed by atoms with Gasteiger partial charge >= 0.3 is 0 Å². The second-order valence-electron chi connectivity index (χ2n) is 4.32. The smallest absolute Gasteiger partial charge is 0.250 e. The van der Waals surface area contributed by atoms with E-state index in [2.05, 4.69) is 10.2 Å². The molecular formula is C11H12N4OS. The van der Waals surface area contributed by atoms with Crippen molar-refractivity contribution in [3.05, 3.63) is 33.5 Å². The molecule has 2 aromatic rings. The van der Waals surface area contributed by atoms with Crippen LogP contribution in [0.2, 0.25) is 0 Å². The first-order valence-electron chi connectivity index (χ1n) is 5.51. The lowest BCUT2D eigenvalue weighted by Crippen LogP contribution is -2.14. The molecule has 0 radical (unpaired) electrons. The quantitative estimate of drug-likeness (QED) is 0.822. The molecule has 1 aliphatic carbocycles. The molecule has 2 aromatic heterocycles. The molecule has 0 aromatic carbocycles. The summed E-state index contributed by atoms with van der Waals surface area (Å²) in [6, 6.07) is 3.91. The standard InChI is InChI=1S/C11H12N4OS/c1-14-5-4-7(6-9(14)16)10-12-13-11(17)15(10)8-2-3-8/h4-6,8H,2-3H2,1H3,(H,13,17). The van der Waals surface area contributed by atoms with E-state index in [1.807, 2.05) is 10.6 Å². The Kier molecular flexibility index (Phi) is 2.25. The van der Waals surface area contributed by atoms with Crippen molar-refractivity contribution in [1.82, 2.24) is 19.3 Å². The molecule has 5 nitrogen and oxygen atoms in total. The van der Waals surface area contributed by atoms with E-state index in [9.17, 15) is 4.79 Å². The molecule has 6 heteroatoms. The minimum atomic E-state index is -0.0428. The third-order valence-corrected chi connectivity index (χ3v) is 3.27. The van der Waals surface area contributed by atoms with Crippen LogP contribution in [0, 0.1) is 4.77 Å². The average molecular weight is 248 g/mol. The van der Waals surface area contributed by atoms with Crippen LogP contribution < -0.4 is 5.56 Å². The minimum Gasteiger partial charge on any atom is -0.319 e. The Bertz CT molecular complexity index is 677. The maximum Gasteiger partial charge on any atom is 0.250 e. The van der Waals surface area contributed by atoms with Crippen LogP contribution in [-0.4, -0.2) is 19.3 Å². The van der Waals surface area contributed by atoms with Crippen molar-refractivity contribution in [2.45, 2.75) is 18.9 Å². The van der Waals surface area contributed by atoms with Crippen LogP contribution in [0.1, 0.15) is 18.9 Å². The Balaban J connectivity index is 2.18. The predicted molar refractivity (Wildman–Crippen MR) is 66.4 cm³/mol. The summed E-state index contributed by atoms with van der Waals surface area (Å²) in [5, 5.41) is 7.01. The van der Waals surface area contributed by atoms with Crippen LogP contribution in [0.4, 0.5) is 0 Å². The summed E-state index contributed by atoms with van der Waals surface area (Å²) in [7, 11) is 1.73. The van der Waals surface area contributed by atoms with Gasteiger partial charge in [-0.1, -0.05) is 0 Å². The first kappa shape index (κ1) is 10.5. The Labute approximate surface area is 103 Å². The Morgan fingerprint density at radius 1 is 1.53 bits per heavy atom. The zero-order valence-corrected chi connectivity index (χ0v) is 10.2. The average Bonchev–Trinajstić information content (AvgIpc) is 3.06. The molecule has 0 atom stereocenters. The normalized spacial score (nSPS) is 15.1. The maximum atomic E-state index is 11.6. The van der Waals surface area contributed by atoms with Crippen LogP contribution in [0.5, 0.6) is 0 Å². The van der Waals surface area contributed by atoms with Gasteiger partial charge in [0.05, 0.1) is 0 Å². The Morgan fingerprint density at radius 2 is 2.29 bits per heavy atom. The first-order valence-corrected chi connectivity index (χ1v) is 5.91. The van der Waals surface area contributed by atoms with Crippen LogP contribution >= 0.6 is 12.2 Å². The fourth-order valence-electron chi connectivity index (χ4n) is 1.87. The molecule has 0 bridgehead atoms. The topological polar surface area (TPSA) is 55.6 Å². The van der Waals surface area contributed by atoms with Crippen molar-refractivity contribution >= 4 is 12.2 Å². The van der Waals surface area contributed by atoms with Gasteiger partial charge in [0.25, 0.3) is 5.56 Å². The highest BCUT2D eigenvalue weighted by molar-refractivity contribution is 7.71. The van der Waals surface area contributed by atoms with Crippen molar-refractivity contribution in [2.24, 2.45) is 7.05 Å². The number of aromatic amines is 1. The fourth-order valence-corrected chi connectivity index (χ4v) is 2.15. The van der Waals surface area contributed by atoms with E-state index in [0.717, 1.165) is 24.2 Å². The second-order valence-corrected chi connectivity index (χ2v) is 4.70. The molecule has 3 rings (SSSR count). The van der Waals surface area contributed by atoms with Gasteiger partial charge in [0.2, 0.25) is 0 Å². The van der Waals surface area contributed by atoms with Gasteiger partial charge in [-0.05, 0) is 31.1 Å². The summed E-state index contributed by atoms with van der Waals surface area (Å²) >= 11 is 5.21. The van der Waals surface area contributed by atoms with Crippen molar-refractivity contribution < 1.29 is 0 Å². The highest BCUT2D eigenvalue weighted by Crippen LogP contribution is 2.37. The zero-order valence-electron chi connectivity index (χ0n) is 9.38. The van der Waals surface area contributed by atoms with E-state index in [1.54, 1.807) is 19.3 Å². The lowest BCUT2D eigenvalue weighted by molar-refractivity contribution is 0.734. The molecule has 0 aliphatic heterocycles. The van der Waals surface area contributed by atoms with Gasteiger partial charge in [-0.3, -0.25) is 14.5 Å². The van der Waals surface area contributed by atoms with E-state index in [4.69, 9.17) is 12.2 Å². The van der Waals surface area contributed by atoms with Crippen LogP contribution in [0.25, 0.3) is 11.4 Å². The van der Waals surface area contributed by atoms with Crippen molar-refractivity contribution in [3.8, 4) is 11.4 Å². The summed E-state index contributed by atoms with van der Waals surface area (Å²) in [6.07, 6.45) is 4.00.